The average molecular weight is 385 g/mol. The van der Waals surface area contributed by atoms with Crippen molar-refractivity contribution in [2.24, 2.45) is 5.92 Å². The number of halogens is 1. The van der Waals surface area contributed by atoms with Crippen LogP contribution in [0.2, 0.25) is 0 Å². The Morgan fingerprint density at radius 3 is 2.81 bits per heavy atom. The first-order valence-corrected chi connectivity index (χ1v) is 9.70. The Balaban J connectivity index is 1.98. The number of rotatable bonds is 5. The molecule has 1 atom stereocenters. The molecule has 2 aromatic heterocycles. The molecule has 7 heteroatoms. The van der Waals surface area contributed by atoms with E-state index in [1.807, 2.05) is 6.07 Å². The van der Waals surface area contributed by atoms with Crippen LogP contribution in [0.25, 0.3) is 31.8 Å². The molecule has 2 heterocycles. The van der Waals surface area contributed by atoms with Crippen molar-refractivity contribution in [2.45, 2.75) is 26.3 Å². The van der Waals surface area contributed by atoms with Gasteiger partial charge in [0.25, 0.3) is 5.56 Å². The van der Waals surface area contributed by atoms with E-state index in [-0.39, 0.29) is 18.2 Å². The van der Waals surface area contributed by atoms with E-state index in [2.05, 4.69) is 24.1 Å². The molecule has 4 aromatic rings. The van der Waals surface area contributed by atoms with E-state index in [4.69, 9.17) is 4.98 Å². The fourth-order valence-electron chi connectivity index (χ4n) is 3.53. The van der Waals surface area contributed by atoms with E-state index in [1.54, 1.807) is 12.3 Å². The number of H-pyrrole nitrogens is 1. The monoisotopic (exact) mass is 385 g/mol. The van der Waals surface area contributed by atoms with Crippen LogP contribution >= 0.6 is 11.3 Å². The summed E-state index contributed by atoms with van der Waals surface area (Å²) in [7, 11) is 0. The molecule has 0 unspecified atom stereocenters. The molecule has 0 bridgehead atoms. The molecule has 0 aliphatic heterocycles. The quantitative estimate of drug-likeness (QED) is 0.449. The van der Waals surface area contributed by atoms with Crippen LogP contribution in [-0.4, -0.2) is 27.7 Å². The normalized spacial score (nSPS) is 13.1. The van der Waals surface area contributed by atoms with Crippen LogP contribution in [0.15, 0.2) is 35.3 Å². The molecule has 0 amide bonds. The van der Waals surface area contributed by atoms with Crippen molar-refractivity contribution in [3.05, 3.63) is 46.6 Å². The van der Waals surface area contributed by atoms with Crippen molar-refractivity contribution in [2.75, 3.05) is 11.9 Å². The van der Waals surface area contributed by atoms with Crippen molar-refractivity contribution in [1.29, 1.82) is 0 Å². The highest BCUT2D eigenvalue weighted by molar-refractivity contribution is 7.23. The molecule has 4 rings (SSSR count). The number of hydrogen-bond acceptors (Lipinski definition) is 5. The maximum atomic E-state index is 13.9. The van der Waals surface area contributed by atoms with E-state index in [0.29, 0.717) is 21.8 Å². The molecule has 140 valence electrons. The van der Waals surface area contributed by atoms with Gasteiger partial charge in [-0.3, -0.25) is 4.79 Å². The fourth-order valence-corrected chi connectivity index (χ4v) is 4.62. The first-order chi connectivity index (χ1) is 13.0. The van der Waals surface area contributed by atoms with Gasteiger partial charge in [-0.25, -0.2) is 9.37 Å². The summed E-state index contributed by atoms with van der Waals surface area (Å²) in [4.78, 5) is 19.8. The topological polar surface area (TPSA) is 78.0 Å². The molecule has 0 aliphatic rings. The summed E-state index contributed by atoms with van der Waals surface area (Å²) in [5, 5.41) is 16.1. The highest BCUT2D eigenvalue weighted by Gasteiger charge is 2.18. The lowest BCUT2D eigenvalue weighted by Gasteiger charge is -2.17. The summed E-state index contributed by atoms with van der Waals surface area (Å²) < 4.78 is 14.7. The van der Waals surface area contributed by atoms with Gasteiger partial charge in [0, 0.05) is 22.4 Å². The van der Waals surface area contributed by atoms with Crippen molar-refractivity contribution >= 4 is 48.2 Å². The van der Waals surface area contributed by atoms with Crippen molar-refractivity contribution in [1.82, 2.24) is 9.97 Å². The maximum absolute atomic E-state index is 13.9. The minimum absolute atomic E-state index is 0.0144. The van der Waals surface area contributed by atoms with Gasteiger partial charge in [-0.15, -0.1) is 0 Å². The number of pyridine rings is 1. The van der Waals surface area contributed by atoms with Gasteiger partial charge in [0.1, 0.15) is 5.82 Å². The number of nitrogens with zero attached hydrogens (tertiary/aromatic N) is 1. The highest BCUT2D eigenvalue weighted by Crippen LogP contribution is 2.38. The van der Waals surface area contributed by atoms with Crippen molar-refractivity contribution < 1.29 is 9.50 Å². The second kappa shape index (κ2) is 6.90. The summed E-state index contributed by atoms with van der Waals surface area (Å²) in [6, 6.07) is 6.16. The molecule has 0 spiro atoms. The summed E-state index contributed by atoms with van der Waals surface area (Å²) in [6.45, 7) is 4.22. The first-order valence-electron chi connectivity index (χ1n) is 8.88. The number of aliphatic hydroxyl groups is 1. The van der Waals surface area contributed by atoms with Crippen LogP contribution in [0, 0.1) is 11.7 Å². The van der Waals surface area contributed by atoms with E-state index < -0.39 is 5.82 Å². The van der Waals surface area contributed by atoms with E-state index >= 15 is 0 Å². The molecule has 0 saturated carbocycles. The predicted molar refractivity (Wildman–Crippen MR) is 109 cm³/mol. The SMILES string of the molecule is CC(C)C[C@@H](CO)Nc1nc2c3ccc(F)cc3c3c(=O)[nH]ccc3c2s1. The van der Waals surface area contributed by atoms with Gasteiger partial charge in [-0.1, -0.05) is 25.2 Å². The van der Waals surface area contributed by atoms with Gasteiger partial charge < -0.3 is 15.4 Å². The van der Waals surface area contributed by atoms with Crippen molar-refractivity contribution in [3.63, 3.8) is 0 Å². The zero-order valence-electron chi connectivity index (χ0n) is 15.0. The Bertz CT molecular complexity index is 1200. The molecule has 0 radical (unpaired) electrons. The highest BCUT2D eigenvalue weighted by atomic mass is 32.1. The Morgan fingerprint density at radius 2 is 2.07 bits per heavy atom. The van der Waals surface area contributed by atoms with Crippen LogP contribution in [0.1, 0.15) is 20.3 Å². The van der Waals surface area contributed by atoms with Crippen molar-refractivity contribution in [3.8, 4) is 0 Å². The standard InChI is InChI=1S/C20H20FN3O2S/c1-10(2)7-12(9-25)23-20-24-17-13-4-3-11(21)8-15(13)16-14(18(17)27-20)5-6-22-19(16)26/h3-6,8,10,12,25H,7,9H2,1-2H3,(H,22,26)(H,23,24)/t12-/m0/s1. The molecule has 5 nitrogen and oxygen atoms in total. The van der Waals surface area contributed by atoms with Crippen LogP contribution < -0.4 is 10.9 Å². The molecule has 0 aliphatic carbocycles. The van der Waals surface area contributed by atoms with Gasteiger partial charge in [-0.2, -0.15) is 0 Å². The van der Waals surface area contributed by atoms with E-state index in [1.165, 1.54) is 23.5 Å². The number of aromatic nitrogens is 2. The van der Waals surface area contributed by atoms with Crippen LogP contribution in [-0.2, 0) is 0 Å². The van der Waals surface area contributed by atoms with Gasteiger partial charge in [-0.05, 0) is 36.6 Å². The number of nitrogens with one attached hydrogen (secondary N) is 2. The second-order valence-corrected chi connectivity index (χ2v) is 8.13. The Labute approximate surface area is 158 Å². The molecule has 0 saturated heterocycles. The number of aliphatic hydroxyl groups excluding tert-OH is 1. The Kier molecular flexibility index (Phi) is 4.57. The summed E-state index contributed by atoms with van der Waals surface area (Å²) in [6.07, 6.45) is 2.41. The zero-order chi connectivity index (χ0) is 19.1. The van der Waals surface area contributed by atoms with E-state index in [9.17, 15) is 14.3 Å². The molecule has 0 fully saturated rings. The minimum atomic E-state index is -0.391. The third-order valence-electron chi connectivity index (χ3n) is 4.64. The van der Waals surface area contributed by atoms with Crippen LogP contribution in [0.5, 0.6) is 0 Å². The lowest BCUT2D eigenvalue weighted by atomic mass is 10.0. The molecular formula is C20H20FN3O2S. The molecule has 2 aromatic carbocycles. The van der Waals surface area contributed by atoms with Gasteiger partial charge in [0.05, 0.1) is 28.3 Å². The largest absolute Gasteiger partial charge is 0.394 e. The molecule has 27 heavy (non-hydrogen) atoms. The first kappa shape index (κ1) is 17.9. The summed E-state index contributed by atoms with van der Waals surface area (Å²) in [5.74, 6) is 0.0458. The Hall–Kier alpha value is -2.51. The maximum Gasteiger partial charge on any atom is 0.256 e. The predicted octanol–water partition coefficient (Wildman–Crippen LogP) is 4.25. The van der Waals surface area contributed by atoms with E-state index in [0.717, 1.165) is 27.4 Å². The number of thiazole rings is 1. The smallest absolute Gasteiger partial charge is 0.256 e. The Morgan fingerprint density at radius 1 is 1.26 bits per heavy atom. The van der Waals surface area contributed by atoms with Crippen LogP contribution in [0.4, 0.5) is 9.52 Å². The van der Waals surface area contributed by atoms with Gasteiger partial charge in [0.2, 0.25) is 0 Å². The minimum Gasteiger partial charge on any atom is -0.394 e. The third kappa shape index (κ3) is 3.17. The number of benzene rings is 2. The third-order valence-corrected chi connectivity index (χ3v) is 5.66. The number of anilines is 1. The second-order valence-electron chi connectivity index (χ2n) is 7.14. The molecular weight excluding hydrogens is 365 g/mol. The average Bonchev–Trinajstić information content (AvgIpc) is 3.04. The summed E-state index contributed by atoms with van der Waals surface area (Å²) >= 11 is 1.45. The fraction of sp³-hybridized carbons (Fsp3) is 0.300. The van der Waals surface area contributed by atoms with Crippen LogP contribution in [0.3, 0.4) is 0 Å². The lowest BCUT2D eigenvalue weighted by Crippen LogP contribution is -2.25. The molecule has 3 N–H and O–H groups in total. The summed E-state index contributed by atoms with van der Waals surface area (Å²) in [5.41, 5.74) is 0.484. The number of hydrogen-bond donors (Lipinski definition) is 3. The number of aromatic amines is 1. The van der Waals surface area contributed by atoms with Gasteiger partial charge >= 0.3 is 0 Å². The zero-order valence-corrected chi connectivity index (χ0v) is 15.9. The number of fused-ring (bicyclic) bond motifs is 6. The lowest BCUT2D eigenvalue weighted by molar-refractivity contribution is 0.259. The van der Waals surface area contributed by atoms with Gasteiger partial charge in [0.15, 0.2) is 5.13 Å².